The second-order valence-electron chi connectivity index (χ2n) is 6.40. The third-order valence-electron chi connectivity index (χ3n) is 3.71. The minimum atomic E-state index is -0.0898. The number of hydrogen-bond acceptors (Lipinski definition) is 3. The molecule has 1 aliphatic carbocycles. The van der Waals surface area contributed by atoms with Gasteiger partial charge in [-0.3, -0.25) is 0 Å². The van der Waals surface area contributed by atoms with Gasteiger partial charge in [-0.25, -0.2) is 4.98 Å². The molecule has 0 amide bonds. The molecule has 2 N–H and O–H groups in total. The third kappa shape index (κ3) is 3.45. The smallest absolute Gasteiger partial charge is 0.125 e. The van der Waals surface area contributed by atoms with Crippen LogP contribution in [0.3, 0.4) is 0 Å². The van der Waals surface area contributed by atoms with E-state index in [-0.39, 0.29) is 11.5 Å². The molecule has 1 heterocycles. The molecular weight excluding hydrogens is 224 g/mol. The molecule has 3 heteroatoms. The van der Waals surface area contributed by atoms with Crippen LogP contribution < -0.4 is 5.32 Å². The van der Waals surface area contributed by atoms with Gasteiger partial charge in [0, 0.05) is 12.7 Å². The highest BCUT2D eigenvalue weighted by Crippen LogP contribution is 2.26. The standard InChI is InChI=1S/C15H24N2O/c1-15(2,3)12-5-7-14(17-10-12)16-9-11-4-6-13(18)8-11/h5,7,10-11,13,18H,4,6,8-9H2,1-3H3,(H,16,17). The van der Waals surface area contributed by atoms with Gasteiger partial charge >= 0.3 is 0 Å². The van der Waals surface area contributed by atoms with Crippen LogP contribution in [0.2, 0.25) is 0 Å². The maximum Gasteiger partial charge on any atom is 0.125 e. The summed E-state index contributed by atoms with van der Waals surface area (Å²) < 4.78 is 0. The van der Waals surface area contributed by atoms with E-state index in [1.807, 2.05) is 12.3 Å². The lowest BCUT2D eigenvalue weighted by Gasteiger charge is -2.19. The zero-order valence-electron chi connectivity index (χ0n) is 11.6. The molecule has 18 heavy (non-hydrogen) atoms. The number of hydrogen-bond donors (Lipinski definition) is 2. The number of pyridine rings is 1. The zero-order valence-corrected chi connectivity index (χ0v) is 11.6. The first-order valence-electron chi connectivity index (χ1n) is 6.83. The van der Waals surface area contributed by atoms with Crippen LogP contribution in [-0.2, 0) is 5.41 Å². The first-order chi connectivity index (χ1) is 8.45. The maximum absolute atomic E-state index is 9.48. The lowest BCUT2D eigenvalue weighted by molar-refractivity contribution is 0.178. The Labute approximate surface area is 110 Å². The van der Waals surface area contributed by atoms with E-state index in [2.05, 4.69) is 37.1 Å². The van der Waals surface area contributed by atoms with E-state index >= 15 is 0 Å². The van der Waals surface area contributed by atoms with Crippen molar-refractivity contribution in [2.75, 3.05) is 11.9 Å². The molecule has 2 unspecified atom stereocenters. The van der Waals surface area contributed by atoms with E-state index in [1.165, 1.54) is 5.56 Å². The number of aliphatic hydroxyl groups excluding tert-OH is 1. The third-order valence-corrected chi connectivity index (χ3v) is 3.71. The Bertz CT molecular complexity index is 380. The molecule has 0 saturated heterocycles. The van der Waals surface area contributed by atoms with Crippen LogP contribution in [0.1, 0.15) is 45.6 Å². The van der Waals surface area contributed by atoms with E-state index in [9.17, 15) is 5.11 Å². The topological polar surface area (TPSA) is 45.1 Å². The number of anilines is 1. The predicted molar refractivity (Wildman–Crippen MR) is 74.8 cm³/mol. The van der Waals surface area contributed by atoms with Gasteiger partial charge < -0.3 is 10.4 Å². The van der Waals surface area contributed by atoms with Crippen molar-refractivity contribution in [2.45, 2.75) is 51.6 Å². The molecule has 1 aromatic heterocycles. The van der Waals surface area contributed by atoms with Crippen molar-refractivity contribution in [1.29, 1.82) is 0 Å². The fraction of sp³-hybridized carbons (Fsp3) is 0.667. The molecule has 1 aromatic rings. The first-order valence-corrected chi connectivity index (χ1v) is 6.83. The number of nitrogens with zero attached hydrogens (tertiary/aromatic N) is 1. The van der Waals surface area contributed by atoms with Crippen molar-refractivity contribution >= 4 is 5.82 Å². The highest BCUT2D eigenvalue weighted by Gasteiger charge is 2.22. The molecule has 0 bridgehead atoms. The summed E-state index contributed by atoms with van der Waals surface area (Å²) in [6.07, 6.45) is 4.85. The highest BCUT2D eigenvalue weighted by atomic mass is 16.3. The van der Waals surface area contributed by atoms with Gasteiger partial charge in [0.05, 0.1) is 6.10 Å². The maximum atomic E-state index is 9.48. The van der Waals surface area contributed by atoms with Gasteiger partial charge in [-0.15, -0.1) is 0 Å². The van der Waals surface area contributed by atoms with Gasteiger partial charge in [0.2, 0.25) is 0 Å². The Kier molecular flexibility index (Phi) is 3.91. The van der Waals surface area contributed by atoms with Gasteiger partial charge in [-0.1, -0.05) is 26.8 Å². The first kappa shape index (κ1) is 13.3. The van der Waals surface area contributed by atoms with Crippen molar-refractivity contribution in [2.24, 2.45) is 5.92 Å². The monoisotopic (exact) mass is 248 g/mol. The Balaban J connectivity index is 1.87. The van der Waals surface area contributed by atoms with Crippen molar-refractivity contribution in [3.8, 4) is 0 Å². The molecule has 0 aliphatic heterocycles. The predicted octanol–water partition coefficient (Wildman–Crippen LogP) is 2.95. The Hall–Kier alpha value is -1.09. The van der Waals surface area contributed by atoms with Crippen molar-refractivity contribution in [3.05, 3.63) is 23.9 Å². The lowest BCUT2D eigenvalue weighted by Crippen LogP contribution is -2.15. The summed E-state index contributed by atoms with van der Waals surface area (Å²) in [5.74, 6) is 1.52. The van der Waals surface area contributed by atoms with Crippen LogP contribution in [0.15, 0.2) is 18.3 Å². The fourth-order valence-corrected chi connectivity index (χ4v) is 2.42. The Morgan fingerprint density at radius 3 is 2.61 bits per heavy atom. The van der Waals surface area contributed by atoms with E-state index in [1.54, 1.807) is 0 Å². The second kappa shape index (κ2) is 5.27. The summed E-state index contributed by atoms with van der Waals surface area (Å²) in [5.41, 5.74) is 1.41. The molecule has 1 saturated carbocycles. The van der Waals surface area contributed by atoms with Crippen molar-refractivity contribution in [1.82, 2.24) is 4.98 Å². The van der Waals surface area contributed by atoms with Crippen LogP contribution in [0, 0.1) is 5.92 Å². The summed E-state index contributed by atoms with van der Waals surface area (Å²) in [7, 11) is 0. The molecule has 1 fully saturated rings. The summed E-state index contributed by atoms with van der Waals surface area (Å²) in [4.78, 5) is 4.45. The Morgan fingerprint density at radius 2 is 2.11 bits per heavy atom. The normalized spacial score (nSPS) is 24.2. The van der Waals surface area contributed by atoms with E-state index < -0.39 is 0 Å². The average molecular weight is 248 g/mol. The molecule has 2 rings (SSSR count). The van der Waals surface area contributed by atoms with E-state index in [4.69, 9.17) is 0 Å². The molecule has 100 valence electrons. The van der Waals surface area contributed by atoms with Gasteiger partial charge in [0.15, 0.2) is 0 Å². The molecule has 0 aromatic carbocycles. The summed E-state index contributed by atoms with van der Waals surface area (Å²) in [5, 5.41) is 12.8. The number of aromatic nitrogens is 1. The van der Waals surface area contributed by atoms with Crippen LogP contribution in [0.25, 0.3) is 0 Å². The second-order valence-corrected chi connectivity index (χ2v) is 6.40. The summed E-state index contributed by atoms with van der Waals surface area (Å²) >= 11 is 0. The summed E-state index contributed by atoms with van der Waals surface area (Å²) in [6.45, 7) is 7.49. The summed E-state index contributed by atoms with van der Waals surface area (Å²) in [6, 6.07) is 4.19. The van der Waals surface area contributed by atoms with Gasteiger partial charge in [0.1, 0.15) is 5.82 Å². The largest absolute Gasteiger partial charge is 0.393 e. The van der Waals surface area contributed by atoms with Crippen molar-refractivity contribution in [3.63, 3.8) is 0 Å². The van der Waals surface area contributed by atoms with Crippen LogP contribution >= 0.6 is 0 Å². The molecule has 0 spiro atoms. The molecule has 1 aliphatic rings. The minimum absolute atomic E-state index is 0.0898. The number of aliphatic hydroxyl groups is 1. The SMILES string of the molecule is CC(C)(C)c1ccc(NCC2CCC(O)C2)nc1. The van der Waals surface area contributed by atoms with E-state index in [0.29, 0.717) is 5.92 Å². The van der Waals surface area contributed by atoms with Gasteiger partial charge in [0.25, 0.3) is 0 Å². The molecule has 0 radical (unpaired) electrons. The average Bonchev–Trinajstić information content (AvgIpc) is 2.72. The van der Waals surface area contributed by atoms with Gasteiger partial charge in [-0.2, -0.15) is 0 Å². The highest BCUT2D eigenvalue weighted by molar-refractivity contribution is 5.37. The molecule has 3 nitrogen and oxygen atoms in total. The number of rotatable bonds is 3. The van der Waals surface area contributed by atoms with Crippen LogP contribution in [-0.4, -0.2) is 22.7 Å². The zero-order chi connectivity index (χ0) is 13.2. The molecular formula is C15H24N2O. The van der Waals surface area contributed by atoms with Crippen molar-refractivity contribution < 1.29 is 5.11 Å². The number of nitrogens with one attached hydrogen (secondary N) is 1. The lowest BCUT2D eigenvalue weighted by atomic mass is 9.88. The minimum Gasteiger partial charge on any atom is -0.393 e. The Morgan fingerprint density at radius 1 is 1.33 bits per heavy atom. The quantitative estimate of drug-likeness (QED) is 0.864. The van der Waals surface area contributed by atoms with Crippen LogP contribution in [0.5, 0.6) is 0 Å². The van der Waals surface area contributed by atoms with Gasteiger partial charge in [-0.05, 0) is 42.2 Å². The fourth-order valence-electron chi connectivity index (χ4n) is 2.42. The van der Waals surface area contributed by atoms with E-state index in [0.717, 1.165) is 31.6 Å². The van der Waals surface area contributed by atoms with Crippen LogP contribution in [0.4, 0.5) is 5.82 Å². The molecule has 2 atom stereocenters.